The molecule has 3 aromatic rings. The number of thiazole rings is 1. The molecule has 30 heavy (non-hydrogen) atoms. The van der Waals surface area contributed by atoms with Gasteiger partial charge in [-0.05, 0) is 44.0 Å². The molecule has 2 aromatic heterocycles. The van der Waals surface area contributed by atoms with Gasteiger partial charge in [0.15, 0.2) is 10.8 Å². The van der Waals surface area contributed by atoms with Crippen LogP contribution in [0.2, 0.25) is 0 Å². The van der Waals surface area contributed by atoms with E-state index < -0.39 is 0 Å². The van der Waals surface area contributed by atoms with Crippen molar-refractivity contribution in [2.75, 3.05) is 38.2 Å². The minimum Gasteiger partial charge on any atom is -0.497 e. The van der Waals surface area contributed by atoms with E-state index in [0.717, 1.165) is 71.6 Å². The van der Waals surface area contributed by atoms with E-state index in [0.29, 0.717) is 5.91 Å². The smallest absolute Gasteiger partial charge is 0.225 e. The van der Waals surface area contributed by atoms with E-state index in [2.05, 4.69) is 9.80 Å². The second-order valence-electron chi connectivity index (χ2n) is 8.14. The van der Waals surface area contributed by atoms with Gasteiger partial charge in [0.1, 0.15) is 5.75 Å². The lowest BCUT2D eigenvalue weighted by atomic mass is 10.1. The van der Waals surface area contributed by atoms with Crippen molar-refractivity contribution >= 4 is 32.7 Å². The summed E-state index contributed by atoms with van der Waals surface area (Å²) in [6.07, 6.45) is 4.54. The van der Waals surface area contributed by atoms with Crippen molar-refractivity contribution in [2.24, 2.45) is 5.92 Å². The maximum absolute atomic E-state index is 12.7. The molecular weight excluding hydrogens is 398 g/mol. The third kappa shape index (κ3) is 3.43. The summed E-state index contributed by atoms with van der Waals surface area (Å²) in [5.41, 5.74) is 2.85. The molecule has 2 fully saturated rings. The Morgan fingerprint density at radius 3 is 2.47 bits per heavy atom. The lowest BCUT2D eigenvalue weighted by Crippen LogP contribution is -2.50. The number of amides is 1. The summed E-state index contributed by atoms with van der Waals surface area (Å²) < 4.78 is 8.28. The van der Waals surface area contributed by atoms with Gasteiger partial charge in [-0.3, -0.25) is 4.79 Å². The number of aromatic nitrogens is 3. The number of anilines is 1. The molecule has 158 valence electrons. The molecule has 1 aliphatic carbocycles. The largest absolute Gasteiger partial charge is 0.497 e. The zero-order valence-electron chi connectivity index (χ0n) is 17.5. The lowest BCUT2D eigenvalue weighted by Gasteiger charge is -2.35. The minimum absolute atomic E-state index is 0.261. The number of fused-ring (bicyclic) bond motifs is 1. The van der Waals surface area contributed by atoms with Crippen molar-refractivity contribution in [3.63, 3.8) is 0 Å². The predicted octanol–water partition coefficient (Wildman–Crippen LogP) is 3.64. The quantitative estimate of drug-likeness (QED) is 0.639. The Hall–Kier alpha value is -2.61. The number of ether oxygens (including phenoxy) is 1. The lowest BCUT2D eigenvalue weighted by molar-refractivity contribution is -0.135. The van der Waals surface area contributed by atoms with E-state index >= 15 is 0 Å². The number of carbonyl (C=O) groups is 1. The maximum Gasteiger partial charge on any atom is 0.225 e. The molecule has 0 radical (unpaired) electrons. The number of methoxy groups -OCH3 is 1. The standard InChI is InChI=1S/C22H27N5O2S/c1-15-19-20(27(24-15)17-7-9-18(29-2)10-8-17)23-22(30-19)26-13-11-25(12-14-26)21(28)16-5-3-4-6-16/h7-10,16H,3-6,11-14H2,1-2H3. The van der Waals surface area contributed by atoms with Crippen LogP contribution >= 0.6 is 11.3 Å². The molecule has 0 N–H and O–H groups in total. The molecule has 5 rings (SSSR count). The predicted molar refractivity (Wildman–Crippen MR) is 119 cm³/mol. The van der Waals surface area contributed by atoms with Crippen LogP contribution in [0.4, 0.5) is 5.13 Å². The fraction of sp³-hybridized carbons (Fsp3) is 0.500. The van der Waals surface area contributed by atoms with Gasteiger partial charge in [-0.25, -0.2) is 4.68 Å². The van der Waals surface area contributed by atoms with Gasteiger partial charge in [-0.2, -0.15) is 10.1 Å². The Kier molecular flexibility index (Phi) is 5.10. The molecule has 1 saturated carbocycles. The van der Waals surface area contributed by atoms with Crippen LogP contribution in [0.1, 0.15) is 31.4 Å². The van der Waals surface area contributed by atoms with E-state index in [1.54, 1.807) is 18.4 Å². The average Bonchev–Trinajstić information content (AvgIpc) is 3.52. The molecule has 0 unspecified atom stereocenters. The van der Waals surface area contributed by atoms with E-state index in [9.17, 15) is 4.79 Å². The van der Waals surface area contributed by atoms with Crippen LogP contribution in [-0.4, -0.2) is 58.9 Å². The summed E-state index contributed by atoms with van der Waals surface area (Å²) >= 11 is 1.69. The SMILES string of the molecule is COc1ccc(-n2nc(C)c3sc(N4CCN(C(=O)C5CCCC5)CC4)nc32)cc1. The van der Waals surface area contributed by atoms with Crippen molar-refractivity contribution in [1.29, 1.82) is 0 Å². The summed E-state index contributed by atoms with van der Waals surface area (Å²) in [6.45, 7) is 5.28. The highest BCUT2D eigenvalue weighted by Gasteiger charge is 2.30. The number of aryl methyl sites for hydroxylation is 1. The summed E-state index contributed by atoms with van der Waals surface area (Å²) in [4.78, 5) is 22.0. The zero-order valence-corrected chi connectivity index (χ0v) is 18.3. The van der Waals surface area contributed by atoms with E-state index in [1.165, 1.54) is 12.8 Å². The van der Waals surface area contributed by atoms with Gasteiger partial charge in [0, 0.05) is 32.1 Å². The van der Waals surface area contributed by atoms with E-state index in [4.69, 9.17) is 14.8 Å². The van der Waals surface area contributed by atoms with Gasteiger partial charge in [0.05, 0.1) is 23.2 Å². The second kappa shape index (κ2) is 7.91. The first-order valence-electron chi connectivity index (χ1n) is 10.7. The molecule has 1 amide bonds. The highest BCUT2D eigenvalue weighted by Crippen LogP contribution is 2.33. The Morgan fingerprint density at radius 2 is 1.80 bits per heavy atom. The van der Waals surface area contributed by atoms with Crippen LogP contribution in [-0.2, 0) is 4.79 Å². The molecule has 7 nitrogen and oxygen atoms in total. The van der Waals surface area contributed by atoms with Crippen LogP contribution in [0.15, 0.2) is 24.3 Å². The van der Waals surface area contributed by atoms with Gasteiger partial charge in [-0.1, -0.05) is 24.2 Å². The van der Waals surface area contributed by atoms with Gasteiger partial charge in [0.2, 0.25) is 5.91 Å². The van der Waals surface area contributed by atoms with Crippen LogP contribution in [0.5, 0.6) is 5.75 Å². The van der Waals surface area contributed by atoms with E-state index in [-0.39, 0.29) is 5.92 Å². The number of benzene rings is 1. The van der Waals surface area contributed by atoms with Crippen molar-refractivity contribution in [2.45, 2.75) is 32.6 Å². The summed E-state index contributed by atoms with van der Waals surface area (Å²) in [5, 5.41) is 5.71. The van der Waals surface area contributed by atoms with Crippen molar-refractivity contribution in [1.82, 2.24) is 19.7 Å². The van der Waals surface area contributed by atoms with Gasteiger partial charge < -0.3 is 14.5 Å². The number of rotatable bonds is 4. The molecule has 1 aliphatic heterocycles. The van der Waals surface area contributed by atoms with E-state index in [1.807, 2.05) is 35.9 Å². The molecule has 1 saturated heterocycles. The zero-order chi connectivity index (χ0) is 20.7. The Labute approximate surface area is 180 Å². The highest BCUT2D eigenvalue weighted by molar-refractivity contribution is 7.22. The third-order valence-electron chi connectivity index (χ3n) is 6.26. The Balaban J connectivity index is 1.34. The number of nitrogens with zero attached hydrogens (tertiary/aromatic N) is 5. The monoisotopic (exact) mass is 425 g/mol. The van der Waals surface area contributed by atoms with Gasteiger partial charge >= 0.3 is 0 Å². The fourth-order valence-electron chi connectivity index (χ4n) is 4.51. The molecule has 0 bridgehead atoms. The van der Waals surface area contributed by atoms with Crippen LogP contribution in [0, 0.1) is 12.8 Å². The topological polar surface area (TPSA) is 63.5 Å². The molecule has 0 spiro atoms. The number of hydrogen-bond donors (Lipinski definition) is 0. The average molecular weight is 426 g/mol. The fourth-order valence-corrected chi connectivity index (χ4v) is 5.55. The van der Waals surface area contributed by atoms with Crippen LogP contribution < -0.4 is 9.64 Å². The first-order valence-corrected chi connectivity index (χ1v) is 11.5. The highest BCUT2D eigenvalue weighted by atomic mass is 32.1. The number of piperazine rings is 1. The maximum atomic E-state index is 12.7. The van der Waals surface area contributed by atoms with Crippen molar-refractivity contribution in [3.05, 3.63) is 30.0 Å². The molecule has 8 heteroatoms. The molecule has 0 atom stereocenters. The second-order valence-corrected chi connectivity index (χ2v) is 9.12. The van der Waals surface area contributed by atoms with Crippen LogP contribution in [0.25, 0.3) is 16.0 Å². The molecular formula is C22H27N5O2S. The number of carbonyl (C=O) groups excluding carboxylic acids is 1. The summed E-state index contributed by atoms with van der Waals surface area (Å²) in [6, 6.07) is 7.87. The molecule has 3 heterocycles. The molecule has 1 aromatic carbocycles. The summed E-state index contributed by atoms with van der Waals surface area (Å²) in [5.74, 6) is 1.45. The third-order valence-corrected chi connectivity index (χ3v) is 7.47. The Morgan fingerprint density at radius 1 is 1.10 bits per heavy atom. The van der Waals surface area contributed by atoms with Crippen molar-refractivity contribution in [3.8, 4) is 11.4 Å². The first-order chi connectivity index (χ1) is 14.6. The van der Waals surface area contributed by atoms with Crippen LogP contribution in [0.3, 0.4) is 0 Å². The normalized spacial score (nSPS) is 17.8. The molecule has 2 aliphatic rings. The van der Waals surface area contributed by atoms with Gasteiger partial charge in [-0.15, -0.1) is 0 Å². The number of hydrogen-bond acceptors (Lipinski definition) is 6. The Bertz CT molecular complexity index is 1040. The summed E-state index contributed by atoms with van der Waals surface area (Å²) in [7, 11) is 1.67. The minimum atomic E-state index is 0.261. The van der Waals surface area contributed by atoms with Gasteiger partial charge in [0.25, 0.3) is 0 Å². The first kappa shape index (κ1) is 19.4. The van der Waals surface area contributed by atoms with Crippen molar-refractivity contribution < 1.29 is 9.53 Å².